The van der Waals surface area contributed by atoms with Crippen LogP contribution in [0.5, 0.6) is 0 Å². The first-order valence-corrected chi connectivity index (χ1v) is 10.5. The van der Waals surface area contributed by atoms with Crippen LogP contribution in [-0.2, 0) is 9.47 Å². The largest absolute Gasteiger partial charge is 0.461 e. The molecule has 2 amide bonds. The molecule has 3 heterocycles. The number of aromatic nitrogens is 2. The molecule has 2 aliphatic heterocycles. The van der Waals surface area contributed by atoms with Crippen LogP contribution in [0.3, 0.4) is 0 Å². The Labute approximate surface area is 175 Å². The molecule has 160 valence electrons. The average molecular weight is 413 g/mol. The molecule has 4 rings (SSSR count). The van der Waals surface area contributed by atoms with E-state index < -0.39 is 5.97 Å². The molecule has 30 heavy (non-hydrogen) atoms. The first-order valence-electron chi connectivity index (χ1n) is 10.5. The quantitative estimate of drug-likeness (QED) is 0.709. The maximum Gasteiger partial charge on any atom is 0.360 e. The number of carbonyl (C=O) groups excluding carboxylic acids is 2. The molecular formula is C21H27N5O4. The number of rotatable bonds is 3. The van der Waals surface area contributed by atoms with E-state index in [4.69, 9.17) is 14.5 Å². The molecule has 0 aliphatic carbocycles. The highest BCUT2D eigenvalue weighted by Gasteiger charge is 2.28. The molecule has 0 unspecified atom stereocenters. The monoisotopic (exact) mass is 413 g/mol. The lowest BCUT2D eigenvalue weighted by atomic mass is 10.2. The summed E-state index contributed by atoms with van der Waals surface area (Å²) in [5.41, 5.74) is 1.61. The van der Waals surface area contributed by atoms with E-state index in [0.717, 1.165) is 11.9 Å². The summed E-state index contributed by atoms with van der Waals surface area (Å²) >= 11 is 0. The van der Waals surface area contributed by atoms with Crippen LogP contribution in [0.4, 0.5) is 10.6 Å². The molecule has 0 atom stereocenters. The summed E-state index contributed by atoms with van der Waals surface area (Å²) in [7, 11) is 0. The lowest BCUT2D eigenvalue weighted by molar-refractivity contribution is 0.0438. The van der Waals surface area contributed by atoms with Gasteiger partial charge >= 0.3 is 12.0 Å². The number of amides is 2. The van der Waals surface area contributed by atoms with E-state index in [1.807, 2.05) is 39.0 Å². The zero-order valence-electron chi connectivity index (χ0n) is 17.2. The van der Waals surface area contributed by atoms with E-state index >= 15 is 0 Å². The van der Waals surface area contributed by atoms with Gasteiger partial charge in [-0.15, -0.1) is 0 Å². The first-order chi connectivity index (χ1) is 14.7. The second-order valence-corrected chi connectivity index (χ2v) is 7.31. The molecule has 2 saturated heterocycles. The molecule has 1 aromatic carbocycles. The van der Waals surface area contributed by atoms with Gasteiger partial charge in [0.25, 0.3) is 0 Å². The van der Waals surface area contributed by atoms with Gasteiger partial charge in [0.2, 0.25) is 0 Å². The fourth-order valence-corrected chi connectivity index (χ4v) is 3.82. The van der Waals surface area contributed by atoms with Gasteiger partial charge in [-0.05, 0) is 25.5 Å². The molecule has 0 N–H and O–H groups in total. The Morgan fingerprint density at radius 1 is 0.967 bits per heavy atom. The van der Waals surface area contributed by atoms with Crippen LogP contribution in [0.25, 0.3) is 11.0 Å². The normalized spacial score (nSPS) is 17.7. The van der Waals surface area contributed by atoms with Crippen LogP contribution >= 0.6 is 0 Å². The Bertz CT molecular complexity index is 915. The highest BCUT2D eigenvalue weighted by atomic mass is 16.5. The Morgan fingerprint density at radius 3 is 2.40 bits per heavy atom. The Morgan fingerprint density at radius 2 is 1.67 bits per heavy atom. The minimum atomic E-state index is -0.476. The molecule has 2 aromatic rings. The summed E-state index contributed by atoms with van der Waals surface area (Å²) in [4.78, 5) is 40.5. The van der Waals surface area contributed by atoms with Crippen molar-refractivity contribution in [2.45, 2.75) is 13.3 Å². The molecule has 1 aromatic heterocycles. The maximum absolute atomic E-state index is 12.9. The summed E-state index contributed by atoms with van der Waals surface area (Å²) in [6, 6.07) is 7.53. The average Bonchev–Trinajstić information content (AvgIpc) is 3.05. The number of ether oxygens (including phenoxy) is 2. The van der Waals surface area contributed by atoms with Crippen LogP contribution in [0, 0.1) is 0 Å². The summed E-state index contributed by atoms with van der Waals surface area (Å²) in [5.74, 6) is 0.0454. The van der Waals surface area contributed by atoms with Gasteiger partial charge in [0.1, 0.15) is 0 Å². The number of urea groups is 1. The smallest absolute Gasteiger partial charge is 0.360 e. The zero-order valence-corrected chi connectivity index (χ0v) is 17.2. The fraction of sp³-hybridized carbons (Fsp3) is 0.524. The van der Waals surface area contributed by atoms with Crippen LogP contribution in [0.2, 0.25) is 0 Å². The van der Waals surface area contributed by atoms with E-state index in [0.29, 0.717) is 63.8 Å². The molecule has 9 nitrogen and oxygen atoms in total. The number of carbonyl (C=O) groups is 2. The van der Waals surface area contributed by atoms with Gasteiger partial charge in [-0.25, -0.2) is 19.6 Å². The molecule has 2 aliphatic rings. The van der Waals surface area contributed by atoms with Crippen molar-refractivity contribution in [3.8, 4) is 0 Å². The predicted molar refractivity (Wildman–Crippen MR) is 112 cm³/mol. The number of fused-ring (bicyclic) bond motifs is 1. The first kappa shape index (κ1) is 20.3. The Kier molecular flexibility index (Phi) is 6.27. The van der Waals surface area contributed by atoms with Crippen molar-refractivity contribution < 1.29 is 19.1 Å². The summed E-state index contributed by atoms with van der Waals surface area (Å²) in [5, 5.41) is 0. The van der Waals surface area contributed by atoms with Gasteiger partial charge < -0.3 is 24.2 Å². The van der Waals surface area contributed by atoms with Crippen molar-refractivity contribution in [3.63, 3.8) is 0 Å². The Balaban J connectivity index is 1.56. The highest BCUT2D eigenvalue weighted by Crippen LogP contribution is 2.23. The van der Waals surface area contributed by atoms with E-state index in [2.05, 4.69) is 4.98 Å². The fourth-order valence-electron chi connectivity index (χ4n) is 3.82. The topological polar surface area (TPSA) is 88.1 Å². The third kappa shape index (κ3) is 4.30. The Hall–Kier alpha value is -2.94. The van der Waals surface area contributed by atoms with E-state index in [9.17, 15) is 9.59 Å². The van der Waals surface area contributed by atoms with Crippen LogP contribution in [-0.4, -0.2) is 90.9 Å². The van der Waals surface area contributed by atoms with Gasteiger partial charge in [-0.3, -0.25) is 0 Å². The summed E-state index contributed by atoms with van der Waals surface area (Å²) in [6.07, 6.45) is 0.785. The van der Waals surface area contributed by atoms with Crippen LogP contribution < -0.4 is 4.90 Å². The molecular weight excluding hydrogens is 386 g/mol. The predicted octanol–water partition coefficient (Wildman–Crippen LogP) is 1.77. The van der Waals surface area contributed by atoms with Crippen molar-refractivity contribution in [2.75, 3.05) is 64.0 Å². The number of benzene rings is 1. The maximum atomic E-state index is 12.9. The number of morpholine rings is 1. The molecule has 0 saturated carbocycles. The minimum Gasteiger partial charge on any atom is -0.461 e. The SMILES string of the molecule is CCOC(=O)c1nc2ccccc2nc1N1CCCN(C(=O)N2CCOCC2)CC1. The number of anilines is 1. The number of para-hydroxylation sites is 2. The number of hydrogen-bond donors (Lipinski definition) is 0. The molecule has 0 radical (unpaired) electrons. The van der Waals surface area contributed by atoms with Crippen molar-refractivity contribution in [2.24, 2.45) is 0 Å². The van der Waals surface area contributed by atoms with E-state index in [1.165, 1.54) is 0 Å². The van der Waals surface area contributed by atoms with Crippen molar-refractivity contribution >= 4 is 28.9 Å². The highest BCUT2D eigenvalue weighted by molar-refractivity contribution is 5.95. The van der Waals surface area contributed by atoms with Gasteiger partial charge in [-0.2, -0.15) is 0 Å². The lowest BCUT2D eigenvalue weighted by Gasteiger charge is -2.32. The van der Waals surface area contributed by atoms with Crippen molar-refractivity contribution in [1.82, 2.24) is 19.8 Å². The van der Waals surface area contributed by atoms with Crippen LogP contribution in [0.15, 0.2) is 24.3 Å². The lowest BCUT2D eigenvalue weighted by Crippen LogP contribution is -2.49. The van der Waals surface area contributed by atoms with E-state index in [1.54, 1.807) is 6.92 Å². The summed E-state index contributed by atoms with van der Waals surface area (Å²) < 4.78 is 10.6. The molecule has 2 fully saturated rings. The zero-order chi connectivity index (χ0) is 20.9. The third-order valence-corrected chi connectivity index (χ3v) is 5.37. The number of nitrogens with zero attached hydrogens (tertiary/aromatic N) is 5. The number of hydrogen-bond acceptors (Lipinski definition) is 7. The van der Waals surface area contributed by atoms with Crippen LogP contribution in [0.1, 0.15) is 23.8 Å². The molecule has 0 bridgehead atoms. The van der Waals surface area contributed by atoms with Gasteiger partial charge in [0.05, 0.1) is 30.9 Å². The van der Waals surface area contributed by atoms with Crippen molar-refractivity contribution in [3.05, 3.63) is 30.0 Å². The second-order valence-electron chi connectivity index (χ2n) is 7.31. The number of esters is 1. The molecule has 0 spiro atoms. The minimum absolute atomic E-state index is 0.0513. The van der Waals surface area contributed by atoms with Crippen molar-refractivity contribution in [1.29, 1.82) is 0 Å². The second kappa shape index (κ2) is 9.25. The van der Waals surface area contributed by atoms with Gasteiger partial charge in [0.15, 0.2) is 11.5 Å². The van der Waals surface area contributed by atoms with E-state index in [-0.39, 0.29) is 18.3 Å². The third-order valence-electron chi connectivity index (χ3n) is 5.37. The van der Waals surface area contributed by atoms with Gasteiger partial charge in [-0.1, -0.05) is 12.1 Å². The summed E-state index contributed by atoms with van der Waals surface area (Å²) in [6.45, 7) is 6.96. The standard InChI is InChI=1S/C21H27N5O4/c1-2-30-20(27)18-19(23-17-7-4-3-6-16(17)22-18)24-8-5-9-25(11-10-24)21(28)26-12-14-29-15-13-26/h3-4,6-7H,2,5,8-15H2,1H3. The molecule has 9 heteroatoms. The van der Waals surface area contributed by atoms with Gasteiger partial charge in [0, 0.05) is 39.3 Å².